The maximum absolute atomic E-state index is 12.4. The number of carbonyl (C=O) groups is 1. The Bertz CT molecular complexity index is 1340. The topological polar surface area (TPSA) is 68.1 Å². The number of ether oxygens (including phenoxy) is 2. The van der Waals surface area contributed by atoms with Gasteiger partial charge in [-0.1, -0.05) is 0 Å². The highest BCUT2D eigenvalue weighted by molar-refractivity contribution is 6.01. The highest BCUT2D eigenvalue weighted by Gasteiger charge is 2.18. The van der Waals surface area contributed by atoms with E-state index >= 15 is 0 Å². The number of aromatic nitrogens is 2. The molecule has 0 unspecified atom stereocenters. The largest absolute Gasteiger partial charge is 0.496 e. The lowest BCUT2D eigenvalue weighted by Gasteiger charge is -2.26. The minimum Gasteiger partial charge on any atom is -0.496 e. The lowest BCUT2D eigenvalue weighted by atomic mass is 10.1. The second-order valence-electron chi connectivity index (χ2n) is 7.68. The Morgan fingerprint density at radius 1 is 1.10 bits per heavy atom. The fourth-order valence-corrected chi connectivity index (χ4v) is 4.16. The van der Waals surface area contributed by atoms with Crippen LogP contribution in [0.4, 0.5) is 4.79 Å². The number of benzene rings is 1. The van der Waals surface area contributed by atoms with Gasteiger partial charge in [-0.05, 0) is 42.0 Å². The highest BCUT2D eigenvalue weighted by Crippen LogP contribution is 2.30. The smallest absolute Gasteiger partial charge is 0.415 e. The van der Waals surface area contributed by atoms with Crippen molar-refractivity contribution in [3.63, 3.8) is 0 Å². The monoisotopic (exact) mass is 400 g/mol. The Kier molecular flexibility index (Phi) is 3.89. The summed E-state index contributed by atoms with van der Waals surface area (Å²) in [6.07, 6.45) is 7.59. The number of carbonyl (C=O) groups excluding carboxylic acids is 1. The van der Waals surface area contributed by atoms with E-state index in [4.69, 9.17) is 14.5 Å². The molecule has 6 rings (SSSR count). The molecule has 3 aromatic heterocycles. The fourth-order valence-electron chi connectivity index (χ4n) is 4.16. The zero-order chi connectivity index (χ0) is 20.1. The van der Waals surface area contributed by atoms with Crippen LogP contribution in [0.2, 0.25) is 0 Å². The molecule has 0 radical (unpaired) electrons. The van der Waals surface area contributed by atoms with E-state index in [9.17, 15) is 4.79 Å². The number of nitrogens with one attached hydrogen (secondary N) is 1. The predicted molar refractivity (Wildman–Crippen MR) is 114 cm³/mol. The lowest BCUT2D eigenvalue weighted by Crippen LogP contribution is -2.47. The summed E-state index contributed by atoms with van der Waals surface area (Å²) in [5.41, 5.74) is 5.19. The molecule has 2 aliphatic rings. The summed E-state index contributed by atoms with van der Waals surface area (Å²) in [6.45, 7) is 3.49. The van der Waals surface area contributed by atoms with E-state index in [1.54, 1.807) is 11.2 Å². The molecule has 1 amide bonds. The zero-order valence-corrected chi connectivity index (χ0v) is 16.3. The summed E-state index contributed by atoms with van der Waals surface area (Å²) in [5.74, 6) is 0.536. The minimum atomic E-state index is -0.305. The molecule has 4 aromatic rings. The molecule has 0 spiro atoms. The van der Waals surface area contributed by atoms with Gasteiger partial charge in [0.1, 0.15) is 12.4 Å². The van der Waals surface area contributed by atoms with Crippen molar-refractivity contribution in [1.82, 2.24) is 19.6 Å². The van der Waals surface area contributed by atoms with E-state index in [1.807, 2.05) is 24.3 Å². The lowest BCUT2D eigenvalue weighted by molar-refractivity contribution is 0.146. The van der Waals surface area contributed by atoms with Gasteiger partial charge in [-0.25, -0.2) is 9.78 Å². The summed E-state index contributed by atoms with van der Waals surface area (Å²) in [6, 6.07) is 9.84. The van der Waals surface area contributed by atoms with Crippen molar-refractivity contribution in [2.75, 3.05) is 26.2 Å². The molecule has 1 N–H and O–H groups in total. The molecular weight excluding hydrogens is 380 g/mol. The third-order valence-electron chi connectivity index (χ3n) is 5.74. The normalized spacial score (nSPS) is 16.1. The highest BCUT2D eigenvalue weighted by atomic mass is 16.6. The van der Waals surface area contributed by atoms with Crippen LogP contribution in [0, 0.1) is 0 Å². The molecule has 5 heterocycles. The van der Waals surface area contributed by atoms with Crippen LogP contribution in [0.15, 0.2) is 49.0 Å². The van der Waals surface area contributed by atoms with Gasteiger partial charge in [-0.3, -0.25) is 0 Å². The number of pyridine rings is 2. The van der Waals surface area contributed by atoms with Crippen LogP contribution in [0.25, 0.3) is 33.4 Å². The average Bonchev–Trinajstić information content (AvgIpc) is 3.12. The Balaban J connectivity index is 1.39. The molecule has 2 aliphatic heterocycles. The van der Waals surface area contributed by atoms with Crippen molar-refractivity contribution < 1.29 is 14.3 Å². The molecule has 0 aliphatic carbocycles. The van der Waals surface area contributed by atoms with E-state index in [0.717, 1.165) is 51.5 Å². The number of hydrogen-bond acceptors (Lipinski definition) is 5. The van der Waals surface area contributed by atoms with Gasteiger partial charge in [-0.15, -0.1) is 0 Å². The number of fused-ring (bicyclic) bond motifs is 5. The first-order valence-electron chi connectivity index (χ1n) is 10.1. The quantitative estimate of drug-likeness (QED) is 0.529. The number of nitrogens with zero attached hydrogens (tertiary/aromatic N) is 3. The summed E-state index contributed by atoms with van der Waals surface area (Å²) < 4.78 is 13.1. The van der Waals surface area contributed by atoms with Crippen LogP contribution < -0.4 is 10.1 Å². The van der Waals surface area contributed by atoms with Gasteiger partial charge in [0.2, 0.25) is 0 Å². The fraction of sp³-hybridized carbons (Fsp3) is 0.217. The molecule has 1 saturated heterocycles. The molecule has 1 fully saturated rings. The molecule has 0 bridgehead atoms. The van der Waals surface area contributed by atoms with E-state index in [-0.39, 0.29) is 6.09 Å². The third-order valence-corrected chi connectivity index (χ3v) is 5.74. The number of hydrogen-bond donors (Lipinski definition) is 1. The molecule has 1 aromatic carbocycles. The molecule has 7 heteroatoms. The predicted octanol–water partition coefficient (Wildman–Crippen LogP) is 3.55. The maximum Gasteiger partial charge on any atom is 0.415 e. The van der Waals surface area contributed by atoms with E-state index in [0.29, 0.717) is 25.4 Å². The Labute approximate surface area is 172 Å². The van der Waals surface area contributed by atoms with Crippen LogP contribution >= 0.6 is 0 Å². The van der Waals surface area contributed by atoms with Gasteiger partial charge < -0.3 is 24.1 Å². The van der Waals surface area contributed by atoms with Crippen LogP contribution in [-0.4, -0.2) is 46.6 Å². The standard InChI is InChI=1S/C23H20N4O3/c28-23(26-6-4-24-5-7-26)30-19-1-2-20-16(10-19)9-17-12-27-13-18-14-29-8-3-15(18)11-21(27)22(17)25-20/h1-3,8-13,24H,4-7,14H2. The van der Waals surface area contributed by atoms with E-state index < -0.39 is 0 Å². The molecule has 7 nitrogen and oxygen atoms in total. The van der Waals surface area contributed by atoms with Crippen molar-refractivity contribution in [2.24, 2.45) is 0 Å². The second kappa shape index (κ2) is 6.74. The summed E-state index contributed by atoms with van der Waals surface area (Å²) in [5, 5.41) is 5.22. The maximum atomic E-state index is 12.4. The van der Waals surface area contributed by atoms with Crippen molar-refractivity contribution in [1.29, 1.82) is 0 Å². The third kappa shape index (κ3) is 2.86. The van der Waals surface area contributed by atoms with Crippen molar-refractivity contribution in [2.45, 2.75) is 6.61 Å². The Morgan fingerprint density at radius 3 is 2.90 bits per heavy atom. The van der Waals surface area contributed by atoms with Crippen molar-refractivity contribution in [3.8, 4) is 5.75 Å². The van der Waals surface area contributed by atoms with Gasteiger partial charge in [0.15, 0.2) is 0 Å². The zero-order valence-electron chi connectivity index (χ0n) is 16.3. The van der Waals surface area contributed by atoms with Gasteiger partial charge in [0, 0.05) is 54.9 Å². The van der Waals surface area contributed by atoms with Gasteiger partial charge in [0.05, 0.1) is 22.8 Å². The van der Waals surface area contributed by atoms with Gasteiger partial charge in [0.25, 0.3) is 0 Å². The van der Waals surface area contributed by atoms with E-state index in [2.05, 4.69) is 34.2 Å². The van der Waals surface area contributed by atoms with Crippen LogP contribution in [0.1, 0.15) is 11.1 Å². The molecule has 30 heavy (non-hydrogen) atoms. The summed E-state index contributed by atoms with van der Waals surface area (Å²) >= 11 is 0. The number of amides is 1. The number of piperazine rings is 1. The van der Waals surface area contributed by atoms with Gasteiger partial charge >= 0.3 is 6.09 Å². The van der Waals surface area contributed by atoms with E-state index in [1.165, 1.54) is 0 Å². The molecule has 0 saturated carbocycles. The Hall–Kier alpha value is -3.58. The van der Waals surface area contributed by atoms with Gasteiger partial charge in [-0.2, -0.15) is 0 Å². The van der Waals surface area contributed by atoms with Crippen LogP contribution in [0.5, 0.6) is 5.75 Å². The summed E-state index contributed by atoms with van der Waals surface area (Å²) in [7, 11) is 0. The number of rotatable bonds is 1. The second-order valence-corrected chi connectivity index (χ2v) is 7.68. The van der Waals surface area contributed by atoms with Crippen molar-refractivity contribution >= 4 is 39.5 Å². The van der Waals surface area contributed by atoms with Crippen LogP contribution in [-0.2, 0) is 11.3 Å². The first-order chi connectivity index (χ1) is 14.7. The minimum absolute atomic E-state index is 0.305. The molecular formula is C23H20N4O3. The van der Waals surface area contributed by atoms with Crippen LogP contribution in [0.3, 0.4) is 0 Å². The molecule has 150 valence electrons. The first-order valence-corrected chi connectivity index (χ1v) is 10.1. The SMILES string of the molecule is O=C(Oc1ccc2nc3c(cc2c1)cn1cc2c(cc31)C=COC2)N1CCNCC1. The van der Waals surface area contributed by atoms with Crippen molar-refractivity contribution in [3.05, 3.63) is 60.1 Å². The summed E-state index contributed by atoms with van der Waals surface area (Å²) in [4.78, 5) is 19.0. The molecule has 0 atom stereocenters. The first kappa shape index (κ1) is 17.3. The average molecular weight is 400 g/mol. The Morgan fingerprint density at radius 2 is 2.00 bits per heavy atom.